The molecular weight excluding hydrogens is 288 g/mol. The van der Waals surface area contributed by atoms with Gasteiger partial charge in [-0.05, 0) is 31.4 Å². The molecule has 0 bridgehead atoms. The smallest absolute Gasteiger partial charge is 0.224 e. The number of aromatic nitrogens is 2. The zero-order valence-electron chi connectivity index (χ0n) is 14.2. The fourth-order valence-corrected chi connectivity index (χ4v) is 2.35. The molecule has 0 atom stereocenters. The van der Waals surface area contributed by atoms with Crippen molar-refractivity contribution in [2.24, 2.45) is 0 Å². The molecule has 0 saturated heterocycles. The van der Waals surface area contributed by atoms with Gasteiger partial charge in [-0.2, -0.15) is 4.98 Å². The number of nitrogens with zero attached hydrogens (tertiary/aromatic N) is 2. The Balaban J connectivity index is 1.92. The summed E-state index contributed by atoms with van der Waals surface area (Å²) in [7, 11) is 1.70. The lowest BCUT2D eigenvalue weighted by atomic mass is 10.1. The third-order valence-corrected chi connectivity index (χ3v) is 3.56. The van der Waals surface area contributed by atoms with Gasteiger partial charge < -0.3 is 15.4 Å². The van der Waals surface area contributed by atoms with Gasteiger partial charge in [0, 0.05) is 24.8 Å². The first-order chi connectivity index (χ1) is 11.2. The van der Waals surface area contributed by atoms with Gasteiger partial charge in [0.05, 0.1) is 7.11 Å². The highest BCUT2D eigenvalue weighted by atomic mass is 16.5. The van der Waals surface area contributed by atoms with Crippen LogP contribution in [0, 0.1) is 6.92 Å². The predicted octanol–water partition coefficient (Wildman–Crippen LogP) is 3.66. The van der Waals surface area contributed by atoms with E-state index in [0.717, 1.165) is 49.6 Å². The maximum atomic E-state index is 5.38. The summed E-state index contributed by atoms with van der Waals surface area (Å²) in [6, 6.07) is 10.1. The van der Waals surface area contributed by atoms with Crippen molar-refractivity contribution in [1.82, 2.24) is 9.97 Å². The van der Waals surface area contributed by atoms with Crippen molar-refractivity contribution >= 4 is 11.8 Å². The van der Waals surface area contributed by atoms with E-state index in [1.54, 1.807) is 7.11 Å². The van der Waals surface area contributed by atoms with Gasteiger partial charge in [0.15, 0.2) is 0 Å². The third-order valence-electron chi connectivity index (χ3n) is 3.56. The van der Waals surface area contributed by atoms with Gasteiger partial charge in [-0.15, -0.1) is 0 Å². The van der Waals surface area contributed by atoms with E-state index in [1.807, 2.05) is 31.2 Å². The number of unbranched alkanes of at least 4 members (excludes halogenated alkanes) is 1. The number of para-hydroxylation sites is 1. The molecule has 0 unspecified atom stereocenters. The molecule has 5 heteroatoms. The molecule has 0 aliphatic carbocycles. The van der Waals surface area contributed by atoms with E-state index >= 15 is 0 Å². The molecule has 0 saturated carbocycles. The number of benzene rings is 1. The van der Waals surface area contributed by atoms with E-state index < -0.39 is 0 Å². The molecule has 0 fully saturated rings. The Morgan fingerprint density at radius 1 is 1.09 bits per heavy atom. The summed E-state index contributed by atoms with van der Waals surface area (Å²) >= 11 is 0. The summed E-state index contributed by atoms with van der Waals surface area (Å²) in [6.45, 7) is 5.85. The fourth-order valence-electron chi connectivity index (χ4n) is 2.35. The Hall–Kier alpha value is -2.30. The number of ether oxygens (including phenoxy) is 1. The number of rotatable bonds is 9. The average Bonchev–Trinajstić information content (AvgIpc) is 2.55. The van der Waals surface area contributed by atoms with Crippen LogP contribution in [0.5, 0.6) is 5.75 Å². The predicted molar refractivity (Wildman–Crippen MR) is 95.4 cm³/mol. The lowest BCUT2D eigenvalue weighted by Crippen LogP contribution is -2.11. The largest absolute Gasteiger partial charge is 0.496 e. The van der Waals surface area contributed by atoms with Crippen molar-refractivity contribution < 1.29 is 4.74 Å². The van der Waals surface area contributed by atoms with Crippen LogP contribution in [0.4, 0.5) is 11.8 Å². The summed E-state index contributed by atoms with van der Waals surface area (Å²) in [5.74, 6) is 2.47. The highest BCUT2D eigenvalue weighted by molar-refractivity contribution is 5.42. The Morgan fingerprint density at radius 3 is 2.70 bits per heavy atom. The van der Waals surface area contributed by atoms with Gasteiger partial charge in [-0.1, -0.05) is 31.5 Å². The second-order valence-electron chi connectivity index (χ2n) is 5.49. The number of anilines is 2. The summed E-state index contributed by atoms with van der Waals surface area (Å²) < 4.78 is 5.38. The van der Waals surface area contributed by atoms with Crippen LogP contribution < -0.4 is 15.4 Å². The topological polar surface area (TPSA) is 59.1 Å². The number of hydrogen-bond acceptors (Lipinski definition) is 5. The standard InChI is InChI=1S/C18H26N4O/c1-4-5-11-20-18-21-14(2)13-17(22-18)19-12-10-15-8-6-7-9-16(15)23-3/h6-9,13H,4-5,10-12H2,1-3H3,(H2,19,20,21,22). The van der Waals surface area contributed by atoms with E-state index in [2.05, 4.69) is 33.6 Å². The van der Waals surface area contributed by atoms with Crippen LogP contribution in [0.2, 0.25) is 0 Å². The normalized spacial score (nSPS) is 10.4. The molecule has 2 rings (SSSR count). The Morgan fingerprint density at radius 2 is 1.91 bits per heavy atom. The van der Waals surface area contributed by atoms with E-state index in [9.17, 15) is 0 Å². The molecule has 1 aromatic carbocycles. The van der Waals surface area contributed by atoms with Crippen molar-refractivity contribution in [3.05, 3.63) is 41.6 Å². The number of hydrogen-bond donors (Lipinski definition) is 2. The molecule has 2 aromatic rings. The molecule has 1 heterocycles. The molecule has 0 amide bonds. The van der Waals surface area contributed by atoms with Crippen LogP contribution in [-0.2, 0) is 6.42 Å². The van der Waals surface area contributed by atoms with Gasteiger partial charge in [-0.3, -0.25) is 0 Å². The summed E-state index contributed by atoms with van der Waals surface area (Å²) in [4.78, 5) is 8.93. The van der Waals surface area contributed by atoms with E-state index in [1.165, 1.54) is 5.56 Å². The van der Waals surface area contributed by atoms with Crippen molar-refractivity contribution in [2.45, 2.75) is 33.1 Å². The number of nitrogens with one attached hydrogen (secondary N) is 2. The zero-order chi connectivity index (χ0) is 16.5. The van der Waals surface area contributed by atoms with Crippen molar-refractivity contribution in [3.63, 3.8) is 0 Å². The van der Waals surface area contributed by atoms with Crippen molar-refractivity contribution in [1.29, 1.82) is 0 Å². The molecular formula is C18H26N4O. The molecule has 0 spiro atoms. The fraction of sp³-hybridized carbons (Fsp3) is 0.444. The Kier molecular flexibility index (Phi) is 6.66. The van der Waals surface area contributed by atoms with Crippen molar-refractivity contribution in [3.8, 4) is 5.75 Å². The van der Waals surface area contributed by atoms with E-state index in [4.69, 9.17) is 4.74 Å². The number of methoxy groups -OCH3 is 1. The highest BCUT2D eigenvalue weighted by Crippen LogP contribution is 2.18. The summed E-state index contributed by atoms with van der Waals surface area (Å²) in [6.07, 6.45) is 3.16. The maximum absolute atomic E-state index is 5.38. The van der Waals surface area contributed by atoms with Crippen molar-refractivity contribution in [2.75, 3.05) is 30.8 Å². The Bertz CT molecular complexity index is 616. The quantitative estimate of drug-likeness (QED) is 0.692. The first kappa shape index (κ1) is 17.1. The van der Waals surface area contributed by atoms with Gasteiger partial charge in [0.1, 0.15) is 11.6 Å². The van der Waals surface area contributed by atoms with Gasteiger partial charge >= 0.3 is 0 Å². The first-order valence-electron chi connectivity index (χ1n) is 8.18. The minimum Gasteiger partial charge on any atom is -0.496 e. The minimum absolute atomic E-state index is 0.693. The second-order valence-corrected chi connectivity index (χ2v) is 5.49. The van der Waals surface area contributed by atoms with E-state index in [-0.39, 0.29) is 0 Å². The summed E-state index contributed by atoms with van der Waals surface area (Å²) in [5, 5.41) is 6.64. The van der Waals surface area contributed by atoms with Crippen LogP contribution in [0.15, 0.2) is 30.3 Å². The minimum atomic E-state index is 0.693. The van der Waals surface area contributed by atoms with Gasteiger partial charge in [0.2, 0.25) is 5.95 Å². The average molecular weight is 314 g/mol. The molecule has 5 nitrogen and oxygen atoms in total. The number of aryl methyl sites for hydroxylation is 1. The monoisotopic (exact) mass is 314 g/mol. The third kappa shape index (κ3) is 5.43. The molecule has 2 N–H and O–H groups in total. The first-order valence-corrected chi connectivity index (χ1v) is 8.18. The lowest BCUT2D eigenvalue weighted by molar-refractivity contribution is 0.410. The van der Waals surface area contributed by atoms with Crippen LogP contribution in [0.1, 0.15) is 31.0 Å². The second kappa shape index (κ2) is 8.98. The molecule has 124 valence electrons. The zero-order valence-corrected chi connectivity index (χ0v) is 14.2. The highest BCUT2D eigenvalue weighted by Gasteiger charge is 2.04. The lowest BCUT2D eigenvalue weighted by Gasteiger charge is -2.11. The van der Waals surface area contributed by atoms with E-state index in [0.29, 0.717) is 5.95 Å². The molecule has 23 heavy (non-hydrogen) atoms. The summed E-state index contributed by atoms with van der Waals surface area (Å²) in [5.41, 5.74) is 2.15. The van der Waals surface area contributed by atoms with Gasteiger partial charge in [-0.25, -0.2) is 4.98 Å². The molecule has 0 aliphatic heterocycles. The molecule has 0 radical (unpaired) electrons. The van der Waals surface area contributed by atoms with Gasteiger partial charge in [0.25, 0.3) is 0 Å². The van der Waals surface area contributed by atoms with Crippen LogP contribution >= 0.6 is 0 Å². The molecule has 0 aliphatic rings. The van der Waals surface area contributed by atoms with Crippen LogP contribution in [-0.4, -0.2) is 30.2 Å². The Labute approximate surface area is 138 Å². The van der Waals surface area contributed by atoms with Crippen LogP contribution in [0.25, 0.3) is 0 Å². The SMILES string of the molecule is CCCCNc1nc(C)cc(NCCc2ccccc2OC)n1. The molecule has 1 aromatic heterocycles. The maximum Gasteiger partial charge on any atom is 0.224 e. The van der Waals surface area contributed by atoms with Crippen LogP contribution in [0.3, 0.4) is 0 Å².